The highest BCUT2D eigenvalue weighted by atomic mass is 16.5. The van der Waals surface area contributed by atoms with Crippen LogP contribution in [0.5, 0.6) is 0 Å². The first kappa shape index (κ1) is 12.3. The maximum absolute atomic E-state index is 9.15. The first-order valence-electron chi connectivity index (χ1n) is 6.67. The predicted octanol–water partition coefficient (Wildman–Crippen LogP) is 1.50. The second-order valence-electron chi connectivity index (χ2n) is 5.59. The van der Waals surface area contributed by atoms with E-state index in [1.165, 1.54) is 19.3 Å². The summed E-state index contributed by atoms with van der Waals surface area (Å²) in [4.78, 5) is 2.53. The number of hydrogen-bond donors (Lipinski definition) is 1. The van der Waals surface area contributed by atoms with Gasteiger partial charge in [0.05, 0.1) is 19.3 Å². The van der Waals surface area contributed by atoms with Gasteiger partial charge in [-0.1, -0.05) is 13.8 Å². The van der Waals surface area contributed by atoms with Gasteiger partial charge in [-0.15, -0.1) is 0 Å². The molecule has 4 atom stereocenters. The van der Waals surface area contributed by atoms with Crippen LogP contribution in [0, 0.1) is 11.8 Å². The Balaban J connectivity index is 1.87. The van der Waals surface area contributed by atoms with Gasteiger partial charge in [-0.2, -0.15) is 0 Å². The molecule has 1 aliphatic heterocycles. The first-order valence-corrected chi connectivity index (χ1v) is 6.67. The summed E-state index contributed by atoms with van der Waals surface area (Å²) in [5.41, 5.74) is 0. The third-order valence-electron chi connectivity index (χ3n) is 4.46. The van der Waals surface area contributed by atoms with Crippen molar-refractivity contribution in [2.24, 2.45) is 11.8 Å². The molecule has 2 aliphatic rings. The van der Waals surface area contributed by atoms with E-state index in [1.807, 2.05) is 0 Å². The first-order chi connectivity index (χ1) is 7.70. The molecule has 16 heavy (non-hydrogen) atoms. The van der Waals surface area contributed by atoms with Gasteiger partial charge in [0, 0.05) is 19.1 Å². The summed E-state index contributed by atoms with van der Waals surface area (Å²) < 4.78 is 5.50. The quantitative estimate of drug-likeness (QED) is 0.776. The topological polar surface area (TPSA) is 32.7 Å². The van der Waals surface area contributed by atoms with E-state index >= 15 is 0 Å². The molecule has 94 valence electrons. The summed E-state index contributed by atoms with van der Waals surface area (Å²) >= 11 is 0. The van der Waals surface area contributed by atoms with Crippen LogP contribution in [0.1, 0.15) is 33.1 Å². The van der Waals surface area contributed by atoms with Gasteiger partial charge in [0.15, 0.2) is 0 Å². The van der Waals surface area contributed by atoms with Crippen LogP contribution in [0.25, 0.3) is 0 Å². The molecule has 3 heteroatoms. The van der Waals surface area contributed by atoms with Crippen LogP contribution in [0.3, 0.4) is 0 Å². The Kier molecular flexibility index (Phi) is 4.22. The number of hydrogen-bond acceptors (Lipinski definition) is 3. The molecule has 0 aromatic rings. The van der Waals surface area contributed by atoms with Crippen LogP contribution in [0.4, 0.5) is 0 Å². The fraction of sp³-hybridized carbons (Fsp3) is 1.00. The van der Waals surface area contributed by atoms with Crippen LogP contribution >= 0.6 is 0 Å². The maximum Gasteiger partial charge on any atom is 0.0932 e. The third-order valence-corrected chi connectivity index (χ3v) is 4.46. The van der Waals surface area contributed by atoms with Crippen molar-refractivity contribution in [3.8, 4) is 0 Å². The molecule has 3 nitrogen and oxygen atoms in total. The minimum atomic E-state index is 0.0448. The standard InChI is InChI=1S/C13H25NO2/c1-10-3-4-12(7-11(10)2)14-5-6-16-13(8-14)9-15/h10-13,15H,3-9H2,1-2H3. The molecule has 1 aliphatic carbocycles. The number of ether oxygens (including phenoxy) is 1. The van der Waals surface area contributed by atoms with E-state index in [9.17, 15) is 0 Å². The van der Waals surface area contributed by atoms with E-state index < -0.39 is 0 Å². The highest BCUT2D eigenvalue weighted by Gasteiger charge is 2.31. The molecule has 1 saturated heterocycles. The van der Waals surface area contributed by atoms with Crippen LogP contribution in [0.2, 0.25) is 0 Å². The van der Waals surface area contributed by atoms with Crippen LogP contribution < -0.4 is 0 Å². The molecule has 1 N–H and O–H groups in total. The van der Waals surface area contributed by atoms with Crippen molar-refractivity contribution in [2.75, 3.05) is 26.3 Å². The molecule has 0 aromatic carbocycles. The molecule has 0 radical (unpaired) electrons. The second kappa shape index (κ2) is 5.48. The largest absolute Gasteiger partial charge is 0.394 e. The number of nitrogens with zero attached hydrogens (tertiary/aromatic N) is 1. The SMILES string of the molecule is CC1CCC(N2CCOC(CO)C2)CC1C. The smallest absolute Gasteiger partial charge is 0.0932 e. The van der Waals surface area contributed by atoms with Gasteiger partial charge in [-0.05, 0) is 31.1 Å². The summed E-state index contributed by atoms with van der Waals surface area (Å²) in [6.45, 7) is 7.66. The lowest BCUT2D eigenvalue weighted by atomic mass is 9.78. The maximum atomic E-state index is 9.15. The van der Waals surface area contributed by atoms with Gasteiger partial charge in [0.25, 0.3) is 0 Å². The normalized spacial score (nSPS) is 42.2. The Morgan fingerprint density at radius 3 is 2.75 bits per heavy atom. The number of rotatable bonds is 2. The Morgan fingerprint density at radius 1 is 1.25 bits per heavy atom. The molecular weight excluding hydrogens is 202 g/mol. The number of morpholine rings is 1. The van der Waals surface area contributed by atoms with E-state index in [2.05, 4.69) is 18.7 Å². The summed E-state index contributed by atoms with van der Waals surface area (Å²) in [6, 6.07) is 0.726. The minimum absolute atomic E-state index is 0.0448. The molecule has 4 unspecified atom stereocenters. The van der Waals surface area contributed by atoms with E-state index in [4.69, 9.17) is 9.84 Å². The van der Waals surface area contributed by atoms with Crippen molar-refractivity contribution in [2.45, 2.75) is 45.3 Å². The fourth-order valence-corrected chi connectivity index (χ4v) is 3.04. The highest BCUT2D eigenvalue weighted by Crippen LogP contribution is 2.32. The lowest BCUT2D eigenvalue weighted by molar-refractivity contribution is -0.0724. The molecular formula is C13H25NO2. The Bertz CT molecular complexity index is 218. The molecule has 0 bridgehead atoms. The molecule has 0 spiro atoms. The molecule has 0 amide bonds. The van der Waals surface area contributed by atoms with Gasteiger partial charge in [-0.25, -0.2) is 0 Å². The average molecular weight is 227 g/mol. The van der Waals surface area contributed by atoms with Gasteiger partial charge in [-0.3, -0.25) is 4.90 Å². The van der Waals surface area contributed by atoms with E-state index in [0.717, 1.165) is 37.6 Å². The number of aliphatic hydroxyl groups excluding tert-OH is 1. The predicted molar refractivity (Wildman–Crippen MR) is 64.4 cm³/mol. The lowest BCUT2D eigenvalue weighted by Crippen LogP contribution is -2.50. The van der Waals surface area contributed by atoms with Crippen molar-refractivity contribution in [1.29, 1.82) is 0 Å². The van der Waals surface area contributed by atoms with Crippen molar-refractivity contribution in [3.05, 3.63) is 0 Å². The van der Waals surface area contributed by atoms with E-state index in [1.54, 1.807) is 0 Å². The molecule has 1 saturated carbocycles. The molecule has 2 rings (SSSR count). The van der Waals surface area contributed by atoms with Gasteiger partial charge >= 0.3 is 0 Å². The zero-order valence-corrected chi connectivity index (χ0v) is 10.6. The molecule has 1 heterocycles. The van der Waals surface area contributed by atoms with E-state index in [-0.39, 0.29) is 12.7 Å². The summed E-state index contributed by atoms with van der Waals surface area (Å²) in [5, 5.41) is 9.15. The summed E-state index contributed by atoms with van der Waals surface area (Å²) in [7, 11) is 0. The third kappa shape index (κ3) is 2.76. The summed E-state index contributed by atoms with van der Waals surface area (Å²) in [5.74, 6) is 1.72. The monoisotopic (exact) mass is 227 g/mol. The van der Waals surface area contributed by atoms with Crippen molar-refractivity contribution in [1.82, 2.24) is 4.90 Å². The van der Waals surface area contributed by atoms with Gasteiger partial charge in [0.2, 0.25) is 0 Å². The lowest BCUT2D eigenvalue weighted by Gasteiger charge is -2.42. The van der Waals surface area contributed by atoms with Crippen molar-refractivity contribution in [3.63, 3.8) is 0 Å². The summed E-state index contributed by atoms with van der Waals surface area (Å²) in [6.07, 6.45) is 4.04. The van der Waals surface area contributed by atoms with Crippen molar-refractivity contribution < 1.29 is 9.84 Å². The van der Waals surface area contributed by atoms with Crippen LogP contribution in [0.15, 0.2) is 0 Å². The van der Waals surface area contributed by atoms with Crippen LogP contribution in [-0.2, 0) is 4.74 Å². The average Bonchev–Trinajstić information content (AvgIpc) is 2.33. The highest BCUT2D eigenvalue weighted by molar-refractivity contribution is 4.84. The fourth-order valence-electron chi connectivity index (χ4n) is 3.04. The van der Waals surface area contributed by atoms with Crippen LogP contribution in [-0.4, -0.2) is 48.5 Å². The van der Waals surface area contributed by atoms with Gasteiger partial charge in [0.1, 0.15) is 0 Å². The van der Waals surface area contributed by atoms with E-state index in [0.29, 0.717) is 0 Å². The van der Waals surface area contributed by atoms with Crippen molar-refractivity contribution >= 4 is 0 Å². The molecule has 2 fully saturated rings. The molecule has 0 aromatic heterocycles. The zero-order valence-electron chi connectivity index (χ0n) is 10.6. The number of aliphatic hydroxyl groups is 1. The Labute approximate surface area is 98.8 Å². The second-order valence-corrected chi connectivity index (χ2v) is 5.59. The van der Waals surface area contributed by atoms with Gasteiger partial charge < -0.3 is 9.84 Å². The Morgan fingerprint density at radius 2 is 2.06 bits per heavy atom. The minimum Gasteiger partial charge on any atom is -0.394 e. The Hall–Kier alpha value is -0.120. The zero-order chi connectivity index (χ0) is 11.5.